The normalized spacial score (nSPS) is 15.6. The molecule has 0 aliphatic carbocycles. The molecule has 3 amide bonds. The van der Waals surface area contributed by atoms with Gasteiger partial charge in [-0.3, -0.25) is 14.9 Å². The lowest BCUT2D eigenvalue weighted by Gasteiger charge is -2.24. The van der Waals surface area contributed by atoms with Gasteiger partial charge >= 0.3 is 6.09 Å². The van der Waals surface area contributed by atoms with Crippen LogP contribution in [-0.2, 0) is 14.3 Å². The average molecular weight is 429 g/mol. The average Bonchev–Trinajstić information content (AvgIpc) is 2.89. The molecule has 0 saturated heterocycles. The quantitative estimate of drug-likeness (QED) is 0.653. The van der Waals surface area contributed by atoms with Crippen LogP contribution in [0.4, 0.5) is 16.2 Å². The smallest absolute Gasteiger partial charge is 0.412 e. The molecule has 0 fully saturated rings. The molecule has 3 aromatic carbocycles. The summed E-state index contributed by atoms with van der Waals surface area (Å²) in [6, 6.07) is 22.9. The molecule has 0 radical (unpaired) electrons. The van der Waals surface area contributed by atoms with Gasteiger partial charge < -0.3 is 15.0 Å². The van der Waals surface area contributed by atoms with Gasteiger partial charge in [-0.05, 0) is 36.2 Å². The number of rotatable bonds is 4. The van der Waals surface area contributed by atoms with E-state index >= 15 is 0 Å². The number of benzene rings is 3. The number of carbonyl (C=O) groups excluding carboxylic acids is 3. The van der Waals surface area contributed by atoms with Gasteiger partial charge in [0.05, 0.1) is 5.69 Å². The Morgan fingerprint density at radius 2 is 1.53 bits per heavy atom. The van der Waals surface area contributed by atoms with E-state index in [1.165, 1.54) is 11.8 Å². The number of amides is 3. The van der Waals surface area contributed by atoms with Crippen molar-refractivity contribution in [1.29, 1.82) is 0 Å². The van der Waals surface area contributed by atoms with E-state index < -0.39 is 24.1 Å². The second kappa shape index (κ2) is 8.93. The second-order valence-corrected chi connectivity index (χ2v) is 7.48. The number of carbonyl (C=O) groups is 3. The fraction of sp³-hybridized carbons (Fsp3) is 0.160. The summed E-state index contributed by atoms with van der Waals surface area (Å²) < 4.78 is 5.21. The molecule has 7 heteroatoms. The van der Waals surface area contributed by atoms with Gasteiger partial charge in [0.25, 0.3) is 11.8 Å². The molecule has 0 saturated carbocycles. The van der Waals surface area contributed by atoms with Crippen molar-refractivity contribution < 1.29 is 19.1 Å². The molecule has 0 spiro atoms. The van der Waals surface area contributed by atoms with Crippen LogP contribution in [-0.4, -0.2) is 31.1 Å². The van der Waals surface area contributed by atoms with Gasteiger partial charge in [0, 0.05) is 18.3 Å². The Morgan fingerprint density at radius 1 is 0.906 bits per heavy atom. The molecule has 1 heterocycles. The van der Waals surface area contributed by atoms with E-state index in [1.807, 2.05) is 54.6 Å². The fourth-order valence-electron chi connectivity index (χ4n) is 3.72. The van der Waals surface area contributed by atoms with Gasteiger partial charge in [0.15, 0.2) is 6.10 Å². The van der Waals surface area contributed by atoms with Gasteiger partial charge in [-0.1, -0.05) is 60.7 Å². The predicted molar refractivity (Wildman–Crippen MR) is 122 cm³/mol. The van der Waals surface area contributed by atoms with E-state index in [9.17, 15) is 14.4 Å². The summed E-state index contributed by atoms with van der Waals surface area (Å²) in [7, 11) is 1.68. The molecule has 2 atom stereocenters. The molecule has 4 rings (SSSR count). The molecule has 1 aliphatic rings. The summed E-state index contributed by atoms with van der Waals surface area (Å²) in [5, 5.41) is 5.33. The number of nitrogens with zero attached hydrogens (tertiary/aromatic N) is 1. The number of likely N-dealkylation sites (N-methyl/N-ethyl adjacent to an activating group) is 1. The predicted octanol–water partition coefficient (Wildman–Crippen LogP) is 4.12. The van der Waals surface area contributed by atoms with Crippen molar-refractivity contribution in [2.24, 2.45) is 0 Å². The van der Waals surface area contributed by atoms with Crippen LogP contribution in [0.25, 0.3) is 11.1 Å². The number of nitrogens with one attached hydrogen (secondary N) is 2. The van der Waals surface area contributed by atoms with Gasteiger partial charge in [-0.2, -0.15) is 0 Å². The third-order valence-electron chi connectivity index (χ3n) is 5.36. The zero-order chi connectivity index (χ0) is 22.7. The summed E-state index contributed by atoms with van der Waals surface area (Å²) in [4.78, 5) is 39.8. The summed E-state index contributed by atoms with van der Waals surface area (Å²) in [6.07, 6.45) is -1.86. The highest BCUT2D eigenvalue weighted by Gasteiger charge is 2.34. The SMILES string of the molecule is C[C@H](OC(=O)Nc1ccccc1)C(=O)N[C@@H]1C(=O)N(C)c2ccccc2-c2ccccc21. The first-order chi connectivity index (χ1) is 15.5. The van der Waals surface area contributed by atoms with Crippen molar-refractivity contribution in [1.82, 2.24) is 5.32 Å². The summed E-state index contributed by atoms with van der Waals surface area (Å²) in [5.74, 6) is -0.850. The minimum Gasteiger partial charge on any atom is -0.436 e. The van der Waals surface area contributed by atoms with Gasteiger partial charge in [-0.25, -0.2) is 4.79 Å². The number of anilines is 2. The minimum atomic E-state index is -1.10. The largest absolute Gasteiger partial charge is 0.436 e. The Bertz CT molecular complexity index is 1160. The van der Waals surface area contributed by atoms with Crippen LogP contribution in [0.3, 0.4) is 0 Å². The van der Waals surface area contributed by atoms with E-state index in [-0.39, 0.29) is 5.91 Å². The third-order valence-corrected chi connectivity index (χ3v) is 5.36. The van der Waals surface area contributed by atoms with Crippen LogP contribution in [0.5, 0.6) is 0 Å². The van der Waals surface area contributed by atoms with Gasteiger partial charge in [-0.15, -0.1) is 0 Å². The van der Waals surface area contributed by atoms with Crippen molar-refractivity contribution in [2.75, 3.05) is 17.3 Å². The molecule has 7 nitrogen and oxygen atoms in total. The number of hydrogen-bond donors (Lipinski definition) is 2. The molecule has 162 valence electrons. The maximum absolute atomic E-state index is 13.3. The Labute approximate surface area is 186 Å². The van der Waals surface area contributed by atoms with E-state index in [0.29, 0.717) is 11.3 Å². The van der Waals surface area contributed by atoms with E-state index in [4.69, 9.17) is 4.74 Å². The van der Waals surface area contributed by atoms with Crippen molar-refractivity contribution in [2.45, 2.75) is 19.1 Å². The summed E-state index contributed by atoms with van der Waals surface area (Å²) >= 11 is 0. The third kappa shape index (κ3) is 4.18. The minimum absolute atomic E-state index is 0.281. The zero-order valence-corrected chi connectivity index (χ0v) is 17.7. The number of para-hydroxylation sites is 2. The first-order valence-electron chi connectivity index (χ1n) is 10.2. The van der Waals surface area contributed by atoms with E-state index in [2.05, 4.69) is 10.6 Å². The zero-order valence-electron chi connectivity index (χ0n) is 17.7. The highest BCUT2D eigenvalue weighted by molar-refractivity contribution is 6.06. The standard InChI is InChI=1S/C25H23N3O4/c1-16(32-25(31)26-17-10-4-3-5-11-17)23(29)27-22-20-14-7-6-12-18(20)19-13-8-9-15-21(19)28(2)24(22)30/h3-16,22H,1-2H3,(H,26,31)(H,27,29)/t16-,22-/m0/s1. The lowest BCUT2D eigenvalue weighted by Crippen LogP contribution is -2.45. The summed E-state index contributed by atoms with van der Waals surface area (Å²) in [6.45, 7) is 1.46. The molecular formula is C25H23N3O4. The van der Waals surface area contributed by atoms with Crippen molar-refractivity contribution >= 4 is 29.3 Å². The van der Waals surface area contributed by atoms with Crippen molar-refractivity contribution in [3.63, 3.8) is 0 Å². The van der Waals surface area contributed by atoms with Crippen LogP contribution >= 0.6 is 0 Å². The van der Waals surface area contributed by atoms with E-state index in [1.54, 1.807) is 31.3 Å². The van der Waals surface area contributed by atoms with Gasteiger partial charge in [0.2, 0.25) is 0 Å². The lowest BCUT2D eigenvalue weighted by atomic mass is 9.95. The van der Waals surface area contributed by atoms with Crippen LogP contribution in [0.1, 0.15) is 18.5 Å². The monoisotopic (exact) mass is 429 g/mol. The first kappa shape index (κ1) is 21.1. The molecular weight excluding hydrogens is 406 g/mol. The molecule has 0 bridgehead atoms. The summed E-state index contributed by atoms with van der Waals surface area (Å²) in [5.41, 5.74) is 3.76. The highest BCUT2D eigenvalue weighted by atomic mass is 16.6. The molecule has 1 aliphatic heterocycles. The van der Waals surface area contributed by atoms with Crippen molar-refractivity contribution in [3.05, 3.63) is 84.4 Å². The Balaban J connectivity index is 1.54. The Kier molecular flexibility index (Phi) is 5.89. The molecule has 3 aromatic rings. The highest BCUT2D eigenvalue weighted by Crippen LogP contribution is 2.39. The molecule has 32 heavy (non-hydrogen) atoms. The van der Waals surface area contributed by atoms with Crippen LogP contribution in [0.2, 0.25) is 0 Å². The Hall–Kier alpha value is -4.13. The number of ether oxygens (including phenoxy) is 1. The number of fused-ring (bicyclic) bond motifs is 3. The molecule has 0 aromatic heterocycles. The van der Waals surface area contributed by atoms with Crippen molar-refractivity contribution in [3.8, 4) is 11.1 Å². The molecule has 0 unspecified atom stereocenters. The fourth-order valence-corrected chi connectivity index (χ4v) is 3.72. The van der Waals surface area contributed by atoms with Crippen LogP contribution in [0, 0.1) is 0 Å². The number of hydrogen-bond acceptors (Lipinski definition) is 4. The maximum atomic E-state index is 13.3. The second-order valence-electron chi connectivity index (χ2n) is 7.48. The Morgan fingerprint density at radius 3 is 2.28 bits per heavy atom. The molecule has 2 N–H and O–H groups in total. The first-order valence-corrected chi connectivity index (χ1v) is 10.2. The van der Waals surface area contributed by atoms with E-state index in [0.717, 1.165) is 16.8 Å². The van der Waals surface area contributed by atoms with Crippen LogP contribution < -0.4 is 15.5 Å². The lowest BCUT2D eigenvalue weighted by molar-refractivity contribution is -0.132. The topological polar surface area (TPSA) is 87.7 Å². The van der Waals surface area contributed by atoms with Gasteiger partial charge in [0.1, 0.15) is 6.04 Å². The maximum Gasteiger partial charge on any atom is 0.412 e. The van der Waals surface area contributed by atoms with Crippen LogP contribution in [0.15, 0.2) is 78.9 Å².